The Balaban J connectivity index is 2.52. The van der Waals surface area contributed by atoms with Crippen LogP contribution in [0.3, 0.4) is 0 Å². The van der Waals surface area contributed by atoms with Crippen LogP contribution in [0.25, 0.3) is 0 Å². The summed E-state index contributed by atoms with van der Waals surface area (Å²) in [6.07, 6.45) is 0. The van der Waals surface area contributed by atoms with Gasteiger partial charge in [-0.2, -0.15) is 10.5 Å². The van der Waals surface area contributed by atoms with Crippen LogP contribution in [-0.4, -0.2) is 18.3 Å². The molecule has 84 valence electrons. The number of β-amino-alcohol motifs (C(OH)–C–C–N with tert-alkyl or cyclic N) is 1. The van der Waals surface area contributed by atoms with Crippen molar-refractivity contribution in [2.45, 2.75) is 0 Å². The van der Waals surface area contributed by atoms with Crippen molar-refractivity contribution in [3.8, 4) is 12.1 Å². The number of nitriles is 2. The van der Waals surface area contributed by atoms with Crippen molar-refractivity contribution in [1.29, 1.82) is 10.5 Å². The number of anilines is 2. The maximum atomic E-state index is 9.04. The molecule has 0 bridgehead atoms. The second kappa shape index (κ2) is 4.56. The smallest absolute Gasteiger partial charge is 0.170 e. The van der Waals surface area contributed by atoms with E-state index in [9.17, 15) is 0 Å². The molecule has 2 rings (SSSR count). The third-order valence-electron chi connectivity index (χ3n) is 2.50. The molecule has 0 unspecified atom stereocenters. The summed E-state index contributed by atoms with van der Waals surface area (Å²) in [5.74, 6) is 0.435. The number of aliphatic hydroxyl groups excluding tert-OH is 1. The molecule has 0 saturated heterocycles. The molecule has 5 nitrogen and oxygen atoms in total. The topological polar surface area (TPSA) is 83.1 Å². The highest BCUT2D eigenvalue weighted by Crippen LogP contribution is 2.36. The number of allylic oxidation sites excluding steroid dienone is 1. The standard InChI is InChI=1S/C12H10N4O/c13-7-9(8-14)12-15-10-3-1-2-4-11(10)16(12)5-6-17/h1-4,15,17H,5-6H2. The normalized spacial score (nSPS) is 12.4. The quantitative estimate of drug-likeness (QED) is 0.739. The zero-order chi connectivity index (χ0) is 12.3. The molecule has 1 heterocycles. The Bertz CT molecular complexity index is 534. The first kappa shape index (κ1) is 11.0. The zero-order valence-corrected chi connectivity index (χ0v) is 9.01. The number of hydrogen-bond acceptors (Lipinski definition) is 5. The molecule has 0 atom stereocenters. The number of rotatable bonds is 2. The summed E-state index contributed by atoms with van der Waals surface area (Å²) < 4.78 is 0. The lowest BCUT2D eigenvalue weighted by atomic mass is 10.2. The van der Waals surface area contributed by atoms with Crippen LogP contribution in [0.15, 0.2) is 35.7 Å². The van der Waals surface area contributed by atoms with Crippen molar-refractivity contribution in [2.24, 2.45) is 0 Å². The van der Waals surface area contributed by atoms with Gasteiger partial charge in [-0.25, -0.2) is 0 Å². The highest BCUT2D eigenvalue weighted by Gasteiger charge is 2.25. The van der Waals surface area contributed by atoms with Crippen molar-refractivity contribution < 1.29 is 5.11 Å². The summed E-state index contributed by atoms with van der Waals surface area (Å²) in [6, 6.07) is 11.2. The Labute approximate surface area is 98.8 Å². The summed E-state index contributed by atoms with van der Waals surface area (Å²) in [5.41, 5.74) is 1.70. The average Bonchev–Trinajstić information content (AvgIpc) is 2.71. The number of fused-ring (bicyclic) bond motifs is 1. The van der Waals surface area contributed by atoms with Crippen LogP contribution in [0.2, 0.25) is 0 Å². The van der Waals surface area contributed by atoms with Gasteiger partial charge in [0.15, 0.2) is 5.57 Å². The molecule has 0 amide bonds. The van der Waals surface area contributed by atoms with Gasteiger partial charge in [0.1, 0.15) is 18.0 Å². The van der Waals surface area contributed by atoms with Gasteiger partial charge >= 0.3 is 0 Å². The Morgan fingerprint density at radius 2 is 2.00 bits per heavy atom. The van der Waals surface area contributed by atoms with E-state index in [1.807, 2.05) is 36.4 Å². The van der Waals surface area contributed by atoms with Crippen molar-refractivity contribution in [3.05, 3.63) is 35.7 Å². The van der Waals surface area contributed by atoms with E-state index >= 15 is 0 Å². The molecule has 0 spiro atoms. The second-order valence-corrected chi connectivity index (χ2v) is 3.46. The molecule has 1 aliphatic heterocycles. The predicted molar refractivity (Wildman–Crippen MR) is 62.7 cm³/mol. The summed E-state index contributed by atoms with van der Waals surface area (Å²) in [4.78, 5) is 1.73. The van der Waals surface area contributed by atoms with Gasteiger partial charge in [-0.3, -0.25) is 0 Å². The highest BCUT2D eigenvalue weighted by molar-refractivity contribution is 5.82. The van der Waals surface area contributed by atoms with Gasteiger partial charge in [-0.15, -0.1) is 0 Å². The molecular weight excluding hydrogens is 216 g/mol. The predicted octanol–water partition coefficient (Wildman–Crippen LogP) is 1.17. The fourth-order valence-electron chi connectivity index (χ4n) is 1.79. The number of aliphatic hydroxyl groups is 1. The summed E-state index contributed by atoms with van der Waals surface area (Å²) in [5, 5.41) is 29.8. The third-order valence-corrected chi connectivity index (χ3v) is 2.50. The number of nitrogens with zero attached hydrogens (tertiary/aromatic N) is 3. The summed E-state index contributed by atoms with van der Waals surface area (Å²) in [6.45, 7) is 0.288. The summed E-state index contributed by atoms with van der Waals surface area (Å²) in [7, 11) is 0. The fraction of sp³-hybridized carbons (Fsp3) is 0.167. The molecular formula is C12H10N4O. The number of hydrogen-bond donors (Lipinski definition) is 2. The van der Waals surface area contributed by atoms with E-state index < -0.39 is 0 Å². The molecule has 0 aliphatic carbocycles. The molecule has 17 heavy (non-hydrogen) atoms. The first-order chi connectivity index (χ1) is 8.31. The van der Waals surface area contributed by atoms with Crippen LogP contribution in [-0.2, 0) is 0 Å². The Morgan fingerprint density at radius 3 is 2.65 bits per heavy atom. The van der Waals surface area contributed by atoms with E-state index in [0.717, 1.165) is 11.4 Å². The first-order valence-corrected chi connectivity index (χ1v) is 5.10. The molecule has 1 aliphatic rings. The minimum Gasteiger partial charge on any atom is -0.395 e. The van der Waals surface area contributed by atoms with Crippen molar-refractivity contribution in [2.75, 3.05) is 23.4 Å². The maximum Gasteiger partial charge on any atom is 0.170 e. The molecule has 2 N–H and O–H groups in total. The Morgan fingerprint density at radius 1 is 1.29 bits per heavy atom. The minimum atomic E-state index is -0.0519. The molecule has 1 aromatic rings. The fourth-order valence-corrected chi connectivity index (χ4v) is 1.79. The van der Waals surface area contributed by atoms with Crippen LogP contribution in [0.4, 0.5) is 11.4 Å². The molecule has 0 aromatic heterocycles. The molecule has 0 saturated carbocycles. The molecule has 0 fully saturated rings. The summed E-state index contributed by atoms with van der Waals surface area (Å²) >= 11 is 0. The monoisotopic (exact) mass is 226 g/mol. The van der Waals surface area contributed by atoms with Crippen LogP contribution in [0, 0.1) is 22.7 Å². The van der Waals surface area contributed by atoms with Crippen LogP contribution >= 0.6 is 0 Å². The van der Waals surface area contributed by atoms with Crippen molar-refractivity contribution in [1.82, 2.24) is 0 Å². The number of nitrogens with one attached hydrogen (secondary N) is 1. The molecule has 1 aromatic carbocycles. The van der Waals surface area contributed by atoms with Gasteiger partial charge in [-0.1, -0.05) is 12.1 Å². The zero-order valence-electron chi connectivity index (χ0n) is 9.01. The van der Waals surface area contributed by atoms with Gasteiger partial charge < -0.3 is 15.3 Å². The van der Waals surface area contributed by atoms with Crippen LogP contribution in [0.5, 0.6) is 0 Å². The van der Waals surface area contributed by atoms with Gasteiger partial charge in [0.2, 0.25) is 0 Å². The van der Waals surface area contributed by atoms with Crippen molar-refractivity contribution >= 4 is 11.4 Å². The SMILES string of the molecule is N#CC(C#N)=C1Nc2ccccc2N1CCO. The van der Waals surface area contributed by atoms with Crippen LogP contribution < -0.4 is 10.2 Å². The van der Waals surface area contributed by atoms with Gasteiger partial charge in [0.25, 0.3) is 0 Å². The average molecular weight is 226 g/mol. The van der Waals surface area contributed by atoms with Gasteiger partial charge in [0.05, 0.1) is 18.0 Å². The lowest BCUT2D eigenvalue weighted by molar-refractivity contribution is 0.305. The van der Waals surface area contributed by atoms with E-state index in [1.54, 1.807) is 4.90 Å². The van der Waals surface area contributed by atoms with Crippen molar-refractivity contribution in [3.63, 3.8) is 0 Å². The van der Waals surface area contributed by atoms with Gasteiger partial charge in [0, 0.05) is 6.54 Å². The van der Waals surface area contributed by atoms with Gasteiger partial charge in [-0.05, 0) is 12.1 Å². The van der Waals surface area contributed by atoms with E-state index in [4.69, 9.17) is 15.6 Å². The van der Waals surface area contributed by atoms with E-state index in [0.29, 0.717) is 12.4 Å². The Hall–Kier alpha value is -2.50. The maximum absolute atomic E-state index is 9.04. The van der Waals surface area contributed by atoms with E-state index in [-0.39, 0.29) is 12.2 Å². The lowest BCUT2D eigenvalue weighted by Gasteiger charge is -2.18. The Kier molecular flexibility index (Phi) is 2.95. The van der Waals surface area contributed by atoms with E-state index in [1.165, 1.54) is 0 Å². The van der Waals surface area contributed by atoms with Crippen LogP contribution in [0.1, 0.15) is 0 Å². The highest BCUT2D eigenvalue weighted by atomic mass is 16.3. The largest absolute Gasteiger partial charge is 0.395 e. The third kappa shape index (κ3) is 1.80. The van der Waals surface area contributed by atoms with E-state index in [2.05, 4.69) is 5.32 Å². The molecule has 5 heteroatoms. The lowest BCUT2D eigenvalue weighted by Crippen LogP contribution is -2.25. The number of benzene rings is 1. The second-order valence-electron chi connectivity index (χ2n) is 3.46. The molecule has 0 radical (unpaired) electrons. The number of para-hydroxylation sites is 2. The first-order valence-electron chi connectivity index (χ1n) is 5.10. The minimum absolute atomic E-state index is 0.00894.